The SMILES string of the molecule is CN=C(NCC1(C(=O)N(C)C)CCCC1)N1CCN(CC(=O)N2CCCCC2)CC1.I. The van der Waals surface area contributed by atoms with Crippen molar-refractivity contribution in [1.82, 2.24) is 24.9 Å². The molecule has 3 rings (SSSR count). The Kier molecular flexibility index (Phi) is 10.3. The molecule has 0 aromatic rings. The van der Waals surface area contributed by atoms with Crippen molar-refractivity contribution >= 4 is 41.8 Å². The molecule has 1 aliphatic carbocycles. The largest absolute Gasteiger partial charge is 0.355 e. The van der Waals surface area contributed by atoms with Crippen molar-refractivity contribution in [1.29, 1.82) is 0 Å². The number of piperazine rings is 1. The predicted octanol–water partition coefficient (Wildman–Crippen LogP) is 1.46. The van der Waals surface area contributed by atoms with Crippen molar-refractivity contribution in [3.8, 4) is 0 Å². The van der Waals surface area contributed by atoms with Crippen LogP contribution < -0.4 is 5.32 Å². The summed E-state index contributed by atoms with van der Waals surface area (Å²) in [7, 11) is 5.51. The maximum absolute atomic E-state index is 12.8. The summed E-state index contributed by atoms with van der Waals surface area (Å²) in [6.45, 7) is 6.43. The third-order valence-electron chi connectivity index (χ3n) is 6.96. The molecule has 0 bridgehead atoms. The highest BCUT2D eigenvalue weighted by Gasteiger charge is 2.42. The minimum atomic E-state index is -0.303. The zero-order valence-electron chi connectivity index (χ0n) is 19.6. The van der Waals surface area contributed by atoms with Gasteiger partial charge in [-0.15, -0.1) is 24.0 Å². The first-order valence-corrected chi connectivity index (χ1v) is 11.6. The molecule has 0 spiro atoms. The minimum absolute atomic E-state index is 0. The predicted molar refractivity (Wildman–Crippen MR) is 135 cm³/mol. The Hall–Kier alpha value is -1.10. The Morgan fingerprint density at radius 2 is 1.52 bits per heavy atom. The highest BCUT2D eigenvalue weighted by atomic mass is 127. The van der Waals surface area contributed by atoms with Gasteiger partial charge in [0.2, 0.25) is 11.8 Å². The van der Waals surface area contributed by atoms with Crippen LogP contribution >= 0.6 is 24.0 Å². The second kappa shape index (κ2) is 12.2. The quantitative estimate of drug-likeness (QED) is 0.320. The third kappa shape index (κ3) is 6.69. The van der Waals surface area contributed by atoms with E-state index in [1.165, 1.54) is 6.42 Å². The molecule has 9 heteroatoms. The van der Waals surface area contributed by atoms with Gasteiger partial charge in [0.05, 0.1) is 12.0 Å². The normalized spacial score (nSPS) is 22.1. The maximum Gasteiger partial charge on any atom is 0.236 e. The van der Waals surface area contributed by atoms with E-state index in [2.05, 4.69) is 20.1 Å². The average Bonchev–Trinajstić information content (AvgIpc) is 3.25. The summed E-state index contributed by atoms with van der Waals surface area (Å²) in [6.07, 6.45) is 7.64. The number of hydrogen-bond donors (Lipinski definition) is 1. The number of hydrogen-bond acceptors (Lipinski definition) is 4. The van der Waals surface area contributed by atoms with E-state index in [-0.39, 0.29) is 41.2 Å². The molecule has 0 aromatic heterocycles. The number of carbonyl (C=O) groups is 2. The first-order valence-electron chi connectivity index (χ1n) is 11.6. The second-order valence-electron chi connectivity index (χ2n) is 9.29. The van der Waals surface area contributed by atoms with Crippen molar-refractivity contribution in [3.63, 3.8) is 0 Å². The van der Waals surface area contributed by atoms with Crippen molar-refractivity contribution in [2.45, 2.75) is 44.9 Å². The van der Waals surface area contributed by atoms with Gasteiger partial charge in [-0.05, 0) is 32.1 Å². The molecule has 8 nitrogen and oxygen atoms in total. The number of piperidine rings is 1. The Labute approximate surface area is 204 Å². The van der Waals surface area contributed by atoms with Gasteiger partial charge < -0.3 is 20.0 Å². The van der Waals surface area contributed by atoms with Crippen LogP contribution in [0.4, 0.5) is 0 Å². The number of nitrogens with zero attached hydrogens (tertiary/aromatic N) is 5. The van der Waals surface area contributed by atoms with Gasteiger partial charge >= 0.3 is 0 Å². The molecule has 1 saturated carbocycles. The molecular formula is C22H41IN6O2. The van der Waals surface area contributed by atoms with E-state index in [1.807, 2.05) is 26.0 Å². The number of amides is 2. The molecule has 2 aliphatic heterocycles. The van der Waals surface area contributed by atoms with Gasteiger partial charge in [-0.3, -0.25) is 19.5 Å². The zero-order valence-corrected chi connectivity index (χ0v) is 21.9. The monoisotopic (exact) mass is 548 g/mol. The van der Waals surface area contributed by atoms with Crippen LogP contribution in [0.3, 0.4) is 0 Å². The molecule has 31 heavy (non-hydrogen) atoms. The van der Waals surface area contributed by atoms with Gasteiger partial charge in [-0.25, -0.2) is 0 Å². The molecule has 2 heterocycles. The number of carbonyl (C=O) groups excluding carboxylic acids is 2. The molecule has 2 saturated heterocycles. The van der Waals surface area contributed by atoms with Crippen LogP contribution in [-0.4, -0.2) is 111 Å². The number of rotatable bonds is 5. The van der Waals surface area contributed by atoms with Gasteiger partial charge in [-0.1, -0.05) is 12.8 Å². The molecule has 0 radical (unpaired) electrons. The van der Waals surface area contributed by atoms with Crippen molar-refractivity contribution < 1.29 is 9.59 Å². The van der Waals surface area contributed by atoms with Crippen LogP contribution in [0.25, 0.3) is 0 Å². The highest BCUT2D eigenvalue weighted by Crippen LogP contribution is 2.39. The van der Waals surface area contributed by atoms with E-state index in [9.17, 15) is 9.59 Å². The van der Waals surface area contributed by atoms with Crippen LogP contribution in [0.5, 0.6) is 0 Å². The Balaban J connectivity index is 0.00000341. The van der Waals surface area contributed by atoms with Gasteiger partial charge in [0.15, 0.2) is 5.96 Å². The number of guanidine groups is 1. The first kappa shape index (κ1) is 26.2. The summed E-state index contributed by atoms with van der Waals surface area (Å²) in [6, 6.07) is 0. The molecule has 0 unspecified atom stereocenters. The summed E-state index contributed by atoms with van der Waals surface area (Å²) in [5.41, 5.74) is -0.303. The lowest BCUT2D eigenvalue weighted by atomic mass is 9.84. The van der Waals surface area contributed by atoms with Crippen molar-refractivity contribution in [2.75, 3.05) is 73.5 Å². The van der Waals surface area contributed by atoms with E-state index in [0.717, 1.165) is 83.8 Å². The molecule has 178 valence electrons. The standard InChI is InChI=1S/C22H40N6O2.HI/c1-23-21(24-18-22(9-5-6-10-22)20(30)25(2)3)28-15-13-26(14-16-28)17-19(29)27-11-7-4-8-12-27;/h4-18H2,1-3H3,(H,23,24);1H. The Morgan fingerprint density at radius 1 is 0.903 bits per heavy atom. The lowest BCUT2D eigenvalue weighted by Gasteiger charge is -2.38. The van der Waals surface area contributed by atoms with Crippen LogP contribution in [0, 0.1) is 5.41 Å². The summed E-state index contributed by atoms with van der Waals surface area (Å²) < 4.78 is 0. The highest BCUT2D eigenvalue weighted by molar-refractivity contribution is 14.0. The summed E-state index contributed by atoms with van der Waals surface area (Å²) >= 11 is 0. The first-order chi connectivity index (χ1) is 14.4. The molecule has 0 aromatic carbocycles. The smallest absolute Gasteiger partial charge is 0.236 e. The van der Waals surface area contributed by atoms with Crippen LogP contribution in [0.1, 0.15) is 44.9 Å². The fourth-order valence-corrected chi connectivity index (χ4v) is 5.13. The summed E-state index contributed by atoms with van der Waals surface area (Å²) in [5.74, 6) is 1.37. The van der Waals surface area contributed by atoms with E-state index in [1.54, 1.807) is 4.90 Å². The fourth-order valence-electron chi connectivity index (χ4n) is 5.13. The van der Waals surface area contributed by atoms with Crippen LogP contribution in [0.2, 0.25) is 0 Å². The Bertz CT molecular complexity index is 621. The molecule has 1 N–H and O–H groups in total. The molecular weight excluding hydrogens is 507 g/mol. The van der Waals surface area contributed by atoms with E-state index < -0.39 is 0 Å². The van der Waals surface area contributed by atoms with E-state index in [0.29, 0.717) is 13.1 Å². The minimum Gasteiger partial charge on any atom is -0.355 e. The molecule has 0 atom stereocenters. The number of aliphatic imine (C=N–C) groups is 1. The average molecular weight is 549 g/mol. The zero-order chi connectivity index (χ0) is 21.6. The van der Waals surface area contributed by atoms with Gasteiger partial charge in [-0.2, -0.15) is 0 Å². The summed E-state index contributed by atoms with van der Waals surface area (Å²) in [5, 5.41) is 3.50. The maximum atomic E-state index is 12.8. The topological polar surface area (TPSA) is 71.5 Å². The van der Waals surface area contributed by atoms with Crippen molar-refractivity contribution in [3.05, 3.63) is 0 Å². The summed E-state index contributed by atoms with van der Waals surface area (Å²) in [4.78, 5) is 38.1. The van der Waals surface area contributed by atoms with E-state index >= 15 is 0 Å². The fraction of sp³-hybridized carbons (Fsp3) is 0.864. The van der Waals surface area contributed by atoms with Gasteiger partial charge in [0.1, 0.15) is 0 Å². The Morgan fingerprint density at radius 3 is 2.06 bits per heavy atom. The molecule has 3 fully saturated rings. The van der Waals surface area contributed by atoms with E-state index in [4.69, 9.17) is 0 Å². The van der Waals surface area contributed by atoms with Crippen LogP contribution in [0.15, 0.2) is 4.99 Å². The lowest BCUT2D eigenvalue weighted by Crippen LogP contribution is -2.56. The third-order valence-corrected chi connectivity index (χ3v) is 6.96. The van der Waals surface area contributed by atoms with Crippen LogP contribution in [-0.2, 0) is 9.59 Å². The van der Waals surface area contributed by atoms with Crippen molar-refractivity contribution in [2.24, 2.45) is 10.4 Å². The lowest BCUT2D eigenvalue weighted by molar-refractivity contribution is -0.139. The molecule has 2 amide bonds. The number of likely N-dealkylation sites (tertiary alicyclic amines) is 1. The molecule has 3 aliphatic rings. The number of halogens is 1. The van der Waals surface area contributed by atoms with Gasteiger partial charge in [0, 0.05) is 67.0 Å². The number of nitrogens with one attached hydrogen (secondary N) is 1. The van der Waals surface area contributed by atoms with Gasteiger partial charge in [0.25, 0.3) is 0 Å². The second-order valence-corrected chi connectivity index (χ2v) is 9.29.